The van der Waals surface area contributed by atoms with Crippen molar-refractivity contribution < 1.29 is 19.4 Å². The summed E-state index contributed by atoms with van der Waals surface area (Å²) < 4.78 is 5.13. The molecule has 0 aliphatic heterocycles. The molecule has 5 heteroatoms. The molecule has 0 rings (SSSR count). The third-order valence-corrected chi connectivity index (χ3v) is 2.48. The molecule has 0 aliphatic carbocycles. The first-order valence-electron chi connectivity index (χ1n) is 6.81. The van der Waals surface area contributed by atoms with E-state index in [1.807, 2.05) is 0 Å². The molecule has 19 heavy (non-hydrogen) atoms. The summed E-state index contributed by atoms with van der Waals surface area (Å²) in [4.78, 5) is 22.4. The minimum Gasteiger partial charge on any atom is -0.481 e. The lowest BCUT2D eigenvalue weighted by molar-refractivity contribution is -0.137. The smallest absolute Gasteiger partial charge is 0.407 e. The van der Waals surface area contributed by atoms with E-state index in [1.54, 1.807) is 20.8 Å². The number of nitrogens with one attached hydrogen (secondary N) is 1. The Kier molecular flexibility index (Phi) is 7.49. The van der Waals surface area contributed by atoms with Gasteiger partial charge in [-0.1, -0.05) is 26.7 Å². The van der Waals surface area contributed by atoms with Gasteiger partial charge in [0.1, 0.15) is 5.60 Å². The largest absolute Gasteiger partial charge is 0.481 e. The number of hydrogen-bond donors (Lipinski definition) is 2. The zero-order valence-corrected chi connectivity index (χ0v) is 12.7. The Morgan fingerprint density at radius 2 is 1.79 bits per heavy atom. The number of carbonyl (C=O) groups is 2. The number of amides is 1. The van der Waals surface area contributed by atoms with Gasteiger partial charge in [0.05, 0.1) is 6.42 Å². The fourth-order valence-electron chi connectivity index (χ4n) is 1.68. The van der Waals surface area contributed by atoms with Crippen molar-refractivity contribution in [1.29, 1.82) is 0 Å². The fourth-order valence-corrected chi connectivity index (χ4v) is 1.68. The highest BCUT2D eigenvalue weighted by atomic mass is 16.6. The van der Waals surface area contributed by atoms with Crippen molar-refractivity contribution in [3.63, 3.8) is 0 Å². The van der Waals surface area contributed by atoms with Gasteiger partial charge in [-0.3, -0.25) is 4.79 Å². The number of ether oxygens (including phenoxy) is 1. The first-order valence-corrected chi connectivity index (χ1v) is 6.81. The number of hydrogen-bond acceptors (Lipinski definition) is 3. The molecule has 5 nitrogen and oxygen atoms in total. The van der Waals surface area contributed by atoms with E-state index in [-0.39, 0.29) is 12.5 Å². The minimum absolute atomic E-state index is 0.0721. The van der Waals surface area contributed by atoms with E-state index in [2.05, 4.69) is 19.2 Å². The quantitative estimate of drug-likeness (QED) is 0.747. The van der Waals surface area contributed by atoms with E-state index in [0.717, 1.165) is 12.8 Å². The topological polar surface area (TPSA) is 75.6 Å². The predicted molar refractivity (Wildman–Crippen MR) is 74.1 cm³/mol. The molecular weight excluding hydrogens is 246 g/mol. The maximum atomic E-state index is 11.6. The summed E-state index contributed by atoms with van der Waals surface area (Å²) in [7, 11) is 0. The molecular formula is C14H27NO4. The lowest BCUT2D eigenvalue weighted by Crippen LogP contribution is -2.40. The van der Waals surface area contributed by atoms with Gasteiger partial charge in [-0.25, -0.2) is 4.79 Å². The summed E-state index contributed by atoms with van der Waals surface area (Å²) in [6.45, 7) is 9.56. The van der Waals surface area contributed by atoms with Crippen LogP contribution in [0.3, 0.4) is 0 Å². The lowest BCUT2D eigenvalue weighted by atomic mass is 10.0. The molecule has 0 fully saturated rings. The summed E-state index contributed by atoms with van der Waals surface area (Å²) in [5, 5.41) is 11.5. The normalized spacial score (nSPS) is 13.2. The maximum absolute atomic E-state index is 11.6. The van der Waals surface area contributed by atoms with E-state index >= 15 is 0 Å². The average Bonchev–Trinajstić information content (AvgIpc) is 2.11. The van der Waals surface area contributed by atoms with Gasteiger partial charge in [0.15, 0.2) is 0 Å². The van der Waals surface area contributed by atoms with Crippen LogP contribution in [0.1, 0.15) is 60.3 Å². The van der Waals surface area contributed by atoms with Crippen molar-refractivity contribution in [2.75, 3.05) is 0 Å². The Morgan fingerprint density at radius 3 is 2.21 bits per heavy atom. The second-order valence-electron chi connectivity index (χ2n) is 6.27. The highest BCUT2D eigenvalue weighted by Crippen LogP contribution is 2.12. The van der Waals surface area contributed by atoms with Gasteiger partial charge in [-0.15, -0.1) is 0 Å². The third kappa shape index (κ3) is 11.6. The van der Waals surface area contributed by atoms with Gasteiger partial charge in [-0.05, 0) is 33.1 Å². The summed E-state index contributed by atoms with van der Waals surface area (Å²) in [5.74, 6) is -0.336. The van der Waals surface area contributed by atoms with Crippen LogP contribution in [0, 0.1) is 5.92 Å². The van der Waals surface area contributed by atoms with Crippen LogP contribution in [0.4, 0.5) is 4.79 Å². The number of carboxylic acid groups (broad SMARTS) is 1. The molecule has 0 heterocycles. The monoisotopic (exact) mass is 273 g/mol. The van der Waals surface area contributed by atoms with Crippen molar-refractivity contribution in [1.82, 2.24) is 5.32 Å². The number of carboxylic acids is 1. The predicted octanol–water partition coefficient (Wildman–Crippen LogP) is 3.18. The minimum atomic E-state index is -0.911. The molecule has 1 amide bonds. The molecule has 0 bridgehead atoms. The van der Waals surface area contributed by atoms with Crippen LogP contribution in [-0.2, 0) is 9.53 Å². The van der Waals surface area contributed by atoms with Gasteiger partial charge in [0, 0.05) is 6.04 Å². The van der Waals surface area contributed by atoms with E-state index in [4.69, 9.17) is 9.84 Å². The van der Waals surface area contributed by atoms with Crippen LogP contribution in [0.2, 0.25) is 0 Å². The average molecular weight is 273 g/mol. The molecule has 0 radical (unpaired) electrons. The van der Waals surface area contributed by atoms with Crippen LogP contribution in [0.15, 0.2) is 0 Å². The highest BCUT2D eigenvalue weighted by molar-refractivity contribution is 5.71. The first kappa shape index (κ1) is 17.7. The number of rotatable bonds is 7. The molecule has 0 aromatic carbocycles. The molecule has 0 aromatic heterocycles. The molecule has 0 saturated carbocycles. The second kappa shape index (κ2) is 8.02. The molecule has 1 atom stereocenters. The Morgan fingerprint density at radius 1 is 1.21 bits per heavy atom. The fraction of sp³-hybridized carbons (Fsp3) is 0.857. The van der Waals surface area contributed by atoms with Crippen molar-refractivity contribution in [2.24, 2.45) is 5.92 Å². The third-order valence-electron chi connectivity index (χ3n) is 2.48. The van der Waals surface area contributed by atoms with Crippen LogP contribution < -0.4 is 5.32 Å². The maximum Gasteiger partial charge on any atom is 0.407 e. The zero-order valence-electron chi connectivity index (χ0n) is 12.7. The summed E-state index contributed by atoms with van der Waals surface area (Å²) in [6.07, 6.45) is 1.95. The van der Waals surface area contributed by atoms with Crippen molar-refractivity contribution in [3.05, 3.63) is 0 Å². The number of aliphatic carboxylic acids is 1. The first-order chi connectivity index (χ1) is 8.60. The standard InChI is InChI=1S/C14H27NO4/c1-10(2)7-6-8-11(9-12(16)17)15-13(18)19-14(3,4)5/h10-11H,6-9H2,1-5H3,(H,15,18)(H,16,17). The second-order valence-corrected chi connectivity index (χ2v) is 6.27. The van der Waals surface area contributed by atoms with Crippen LogP contribution in [-0.4, -0.2) is 28.8 Å². The molecule has 0 spiro atoms. The van der Waals surface area contributed by atoms with Crippen LogP contribution in [0.5, 0.6) is 0 Å². The van der Waals surface area contributed by atoms with E-state index < -0.39 is 17.7 Å². The van der Waals surface area contributed by atoms with Gasteiger partial charge >= 0.3 is 12.1 Å². The van der Waals surface area contributed by atoms with E-state index in [1.165, 1.54) is 0 Å². The van der Waals surface area contributed by atoms with Crippen LogP contribution in [0.25, 0.3) is 0 Å². The molecule has 1 unspecified atom stereocenters. The number of carbonyl (C=O) groups excluding carboxylic acids is 1. The Balaban J connectivity index is 4.26. The van der Waals surface area contributed by atoms with E-state index in [0.29, 0.717) is 12.3 Å². The molecule has 0 aliphatic rings. The number of alkyl carbamates (subject to hydrolysis) is 1. The van der Waals surface area contributed by atoms with Gasteiger partial charge in [0.2, 0.25) is 0 Å². The van der Waals surface area contributed by atoms with E-state index in [9.17, 15) is 9.59 Å². The highest BCUT2D eigenvalue weighted by Gasteiger charge is 2.21. The molecule has 0 aromatic rings. The Labute approximate surface area is 115 Å². The molecule has 112 valence electrons. The molecule has 0 saturated heterocycles. The Hall–Kier alpha value is -1.26. The lowest BCUT2D eigenvalue weighted by Gasteiger charge is -2.23. The summed E-state index contributed by atoms with van der Waals surface area (Å²) >= 11 is 0. The van der Waals surface area contributed by atoms with Crippen molar-refractivity contribution in [3.8, 4) is 0 Å². The molecule has 2 N–H and O–H groups in total. The zero-order chi connectivity index (χ0) is 15.1. The van der Waals surface area contributed by atoms with Gasteiger partial charge in [0.25, 0.3) is 0 Å². The van der Waals surface area contributed by atoms with Crippen molar-refractivity contribution >= 4 is 12.1 Å². The SMILES string of the molecule is CC(C)CCCC(CC(=O)O)NC(=O)OC(C)(C)C. The summed E-state index contributed by atoms with van der Waals surface area (Å²) in [6, 6.07) is -0.369. The van der Waals surface area contributed by atoms with Gasteiger partial charge in [-0.2, -0.15) is 0 Å². The van der Waals surface area contributed by atoms with Crippen LogP contribution >= 0.6 is 0 Å². The Bertz CT molecular complexity index is 294. The van der Waals surface area contributed by atoms with Crippen molar-refractivity contribution in [2.45, 2.75) is 71.9 Å². The van der Waals surface area contributed by atoms with Gasteiger partial charge < -0.3 is 15.2 Å². The summed E-state index contributed by atoms with van der Waals surface area (Å²) in [5.41, 5.74) is -0.574.